The van der Waals surface area contributed by atoms with E-state index in [1.807, 2.05) is 33.9 Å². The van der Waals surface area contributed by atoms with Crippen molar-refractivity contribution in [2.45, 2.75) is 19.9 Å². The van der Waals surface area contributed by atoms with Crippen LogP contribution in [0.3, 0.4) is 0 Å². The summed E-state index contributed by atoms with van der Waals surface area (Å²) in [6, 6.07) is 8.05. The molecule has 1 amide bonds. The molecule has 120 valence electrons. The summed E-state index contributed by atoms with van der Waals surface area (Å²) in [6.45, 7) is 2.99. The molecule has 1 aromatic heterocycles. The minimum absolute atomic E-state index is 0.109. The maximum atomic E-state index is 12.3. The first-order valence-corrected chi connectivity index (χ1v) is 8.59. The van der Waals surface area contributed by atoms with Gasteiger partial charge in [-0.3, -0.25) is 9.59 Å². The number of thioether (sulfide) groups is 1. The smallest absolute Gasteiger partial charge is 0.227 e. The maximum absolute atomic E-state index is 12.3. The normalized spacial score (nSPS) is 17.7. The summed E-state index contributed by atoms with van der Waals surface area (Å²) in [5, 5.41) is 0.109. The molecule has 1 unspecified atom stereocenters. The predicted octanol–water partition coefficient (Wildman–Crippen LogP) is 2.56. The standard InChI is InChI=1S/C17H19N3O2S/c1-13(21)23-11-15-8-17(22)20(10-15)16-4-2-3-14(7-16)9-19-6-5-18-12-19/h2-7,12,15H,8-11H2,1H3. The van der Waals surface area contributed by atoms with Crippen LogP contribution in [-0.4, -0.2) is 32.9 Å². The zero-order valence-electron chi connectivity index (χ0n) is 13.0. The summed E-state index contributed by atoms with van der Waals surface area (Å²) in [5.41, 5.74) is 2.07. The van der Waals surface area contributed by atoms with Gasteiger partial charge in [-0.05, 0) is 23.6 Å². The molecule has 2 aromatic rings. The first-order chi connectivity index (χ1) is 11.1. The molecule has 23 heavy (non-hydrogen) atoms. The number of hydrogen-bond acceptors (Lipinski definition) is 4. The van der Waals surface area contributed by atoms with Crippen LogP contribution >= 0.6 is 11.8 Å². The van der Waals surface area contributed by atoms with Crippen molar-refractivity contribution in [1.82, 2.24) is 9.55 Å². The van der Waals surface area contributed by atoms with E-state index in [4.69, 9.17) is 0 Å². The van der Waals surface area contributed by atoms with Crippen LogP contribution in [0.25, 0.3) is 0 Å². The summed E-state index contributed by atoms with van der Waals surface area (Å²) in [4.78, 5) is 29.2. The van der Waals surface area contributed by atoms with Crippen molar-refractivity contribution in [3.05, 3.63) is 48.5 Å². The fraction of sp³-hybridized carbons (Fsp3) is 0.353. The van der Waals surface area contributed by atoms with Gasteiger partial charge < -0.3 is 9.47 Å². The fourth-order valence-corrected chi connectivity index (χ4v) is 3.49. The minimum Gasteiger partial charge on any atom is -0.333 e. The van der Waals surface area contributed by atoms with E-state index >= 15 is 0 Å². The van der Waals surface area contributed by atoms with Crippen molar-refractivity contribution in [3.63, 3.8) is 0 Å². The molecule has 0 saturated carbocycles. The van der Waals surface area contributed by atoms with E-state index in [2.05, 4.69) is 11.1 Å². The van der Waals surface area contributed by atoms with E-state index in [1.165, 1.54) is 11.8 Å². The molecule has 6 heteroatoms. The molecule has 3 rings (SSSR count). The number of carbonyl (C=O) groups excluding carboxylic acids is 2. The summed E-state index contributed by atoms with van der Waals surface area (Å²) in [6.07, 6.45) is 5.97. The Bertz CT molecular complexity index is 700. The van der Waals surface area contributed by atoms with Crippen LogP contribution in [0.15, 0.2) is 43.0 Å². The summed E-state index contributed by atoms with van der Waals surface area (Å²) >= 11 is 1.31. The van der Waals surface area contributed by atoms with Crippen LogP contribution in [0.2, 0.25) is 0 Å². The maximum Gasteiger partial charge on any atom is 0.227 e. The summed E-state index contributed by atoms with van der Waals surface area (Å²) in [5.74, 6) is 1.10. The summed E-state index contributed by atoms with van der Waals surface area (Å²) < 4.78 is 2.00. The molecule has 1 aliphatic rings. The first kappa shape index (κ1) is 15.8. The van der Waals surface area contributed by atoms with E-state index in [-0.39, 0.29) is 16.9 Å². The monoisotopic (exact) mass is 329 g/mol. The summed E-state index contributed by atoms with van der Waals surface area (Å²) in [7, 11) is 0. The Morgan fingerprint density at radius 2 is 2.30 bits per heavy atom. The molecule has 2 heterocycles. The number of rotatable bonds is 5. The minimum atomic E-state index is 0.109. The van der Waals surface area contributed by atoms with Crippen molar-refractivity contribution in [3.8, 4) is 0 Å². The van der Waals surface area contributed by atoms with Gasteiger partial charge in [0.05, 0.1) is 6.33 Å². The number of nitrogens with zero attached hydrogens (tertiary/aromatic N) is 3. The van der Waals surface area contributed by atoms with Crippen molar-refractivity contribution in [1.29, 1.82) is 0 Å². The molecular weight excluding hydrogens is 310 g/mol. The Hall–Kier alpha value is -2.08. The van der Waals surface area contributed by atoms with E-state index in [1.54, 1.807) is 19.4 Å². The average Bonchev–Trinajstić information content (AvgIpc) is 3.15. The van der Waals surface area contributed by atoms with E-state index in [0.29, 0.717) is 18.7 Å². The molecule has 0 radical (unpaired) electrons. The van der Waals surface area contributed by atoms with E-state index in [9.17, 15) is 9.59 Å². The van der Waals surface area contributed by atoms with Gasteiger partial charge in [-0.2, -0.15) is 0 Å². The number of imidazole rings is 1. The number of benzene rings is 1. The molecule has 0 aliphatic carbocycles. The first-order valence-electron chi connectivity index (χ1n) is 7.60. The number of carbonyl (C=O) groups is 2. The average molecular weight is 329 g/mol. The van der Waals surface area contributed by atoms with Crippen molar-refractivity contribution in [2.75, 3.05) is 17.2 Å². The third kappa shape index (κ3) is 4.01. The van der Waals surface area contributed by atoms with Crippen LogP contribution in [0, 0.1) is 5.92 Å². The molecular formula is C17H19N3O2S. The lowest BCUT2D eigenvalue weighted by molar-refractivity contribution is -0.117. The highest BCUT2D eigenvalue weighted by Gasteiger charge is 2.30. The SMILES string of the molecule is CC(=O)SCC1CC(=O)N(c2cccc(Cn3ccnc3)c2)C1. The van der Waals surface area contributed by atoms with Gasteiger partial charge in [-0.15, -0.1) is 0 Å². The number of amides is 1. The van der Waals surface area contributed by atoms with Crippen LogP contribution in [0.1, 0.15) is 18.9 Å². The Labute approximate surface area is 139 Å². The van der Waals surface area contributed by atoms with Crippen LogP contribution in [-0.2, 0) is 16.1 Å². The van der Waals surface area contributed by atoms with Crippen LogP contribution in [0.5, 0.6) is 0 Å². The number of anilines is 1. The molecule has 0 spiro atoms. The molecule has 1 saturated heterocycles. The highest BCUT2D eigenvalue weighted by molar-refractivity contribution is 8.13. The van der Waals surface area contributed by atoms with Gasteiger partial charge in [-0.25, -0.2) is 4.98 Å². The molecule has 1 aliphatic heterocycles. The van der Waals surface area contributed by atoms with Crippen molar-refractivity contribution >= 4 is 28.5 Å². The topological polar surface area (TPSA) is 55.2 Å². The molecule has 1 atom stereocenters. The lowest BCUT2D eigenvalue weighted by Crippen LogP contribution is -2.24. The second-order valence-corrected chi connectivity index (χ2v) is 6.98. The van der Waals surface area contributed by atoms with Gasteiger partial charge in [0.1, 0.15) is 0 Å². The number of hydrogen-bond donors (Lipinski definition) is 0. The third-order valence-corrected chi connectivity index (χ3v) is 4.92. The molecule has 5 nitrogen and oxygen atoms in total. The Morgan fingerprint density at radius 3 is 3.04 bits per heavy atom. The predicted molar refractivity (Wildman–Crippen MR) is 91.4 cm³/mol. The van der Waals surface area contributed by atoms with E-state index < -0.39 is 0 Å². The molecule has 1 fully saturated rings. The molecule has 0 N–H and O–H groups in total. The van der Waals surface area contributed by atoms with Gasteiger partial charge in [0.2, 0.25) is 5.91 Å². The van der Waals surface area contributed by atoms with Crippen molar-refractivity contribution < 1.29 is 9.59 Å². The van der Waals surface area contributed by atoms with E-state index in [0.717, 1.165) is 17.8 Å². The zero-order chi connectivity index (χ0) is 16.2. The Morgan fingerprint density at radius 1 is 1.43 bits per heavy atom. The second-order valence-electron chi connectivity index (χ2n) is 5.78. The van der Waals surface area contributed by atoms with Gasteiger partial charge in [0.25, 0.3) is 0 Å². The zero-order valence-corrected chi connectivity index (χ0v) is 13.8. The number of aromatic nitrogens is 2. The van der Waals surface area contributed by atoms with Gasteiger partial charge in [0.15, 0.2) is 5.12 Å². The van der Waals surface area contributed by atoms with Gasteiger partial charge >= 0.3 is 0 Å². The lowest BCUT2D eigenvalue weighted by Gasteiger charge is -2.18. The lowest BCUT2D eigenvalue weighted by atomic mass is 10.1. The van der Waals surface area contributed by atoms with Crippen molar-refractivity contribution in [2.24, 2.45) is 5.92 Å². The van der Waals surface area contributed by atoms with Crippen LogP contribution in [0.4, 0.5) is 5.69 Å². The van der Waals surface area contributed by atoms with Gasteiger partial charge in [0, 0.05) is 50.3 Å². The Balaban J connectivity index is 1.69. The largest absolute Gasteiger partial charge is 0.333 e. The molecule has 0 bridgehead atoms. The van der Waals surface area contributed by atoms with Gasteiger partial charge in [-0.1, -0.05) is 23.9 Å². The third-order valence-electron chi connectivity index (χ3n) is 3.87. The molecule has 1 aromatic carbocycles. The highest BCUT2D eigenvalue weighted by atomic mass is 32.2. The fourth-order valence-electron chi connectivity index (χ4n) is 2.79. The quantitative estimate of drug-likeness (QED) is 0.846. The van der Waals surface area contributed by atoms with Crippen LogP contribution < -0.4 is 4.90 Å². The Kier molecular flexibility index (Phi) is 4.81. The second kappa shape index (κ2) is 7.00. The highest BCUT2D eigenvalue weighted by Crippen LogP contribution is 2.28.